The Hall–Kier alpha value is -3.15. The van der Waals surface area contributed by atoms with Crippen molar-refractivity contribution in [2.24, 2.45) is 4.99 Å². The Balaban J connectivity index is 1.61. The zero-order valence-corrected chi connectivity index (χ0v) is 14.9. The van der Waals surface area contributed by atoms with Gasteiger partial charge in [0, 0.05) is 22.8 Å². The highest BCUT2D eigenvalue weighted by Gasteiger charge is 2.26. The van der Waals surface area contributed by atoms with Gasteiger partial charge in [0.2, 0.25) is 11.6 Å². The van der Waals surface area contributed by atoms with Gasteiger partial charge in [0.15, 0.2) is 11.5 Å². The van der Waals surface area contributed by atoms with E-state index in [0.29, 0.717) is 29.7 Å². The minimum Gasteiger partial charge on any atom is -0.493 e. The summed E-state index contributed by atoms with van der Waals surface area (Å²) in [7, 11) is 4.79. The van der Waals surface area contributed by atoms with Gasteiger partial charge in [-0.25, -0.2) is 4.99 Å². The third-order valence-corrected chi connectivity index (χ3v) is 4.52. The molecule has 0 saturated heterocycles. The van der Waals surface area contributed by atoms with E-state index in [1.54, 1.807) is 21.3 Å². The van der Waals surface area contributed by atoms with Crippen molar-refractivity contribution in [1.29, 1.82) is 0 Å². The van der Waals surface area contributed by atoms with Gasteiger partial charge in [0.25, 0.3) is 0 Å². The molecule has 2 aromatic carbocycles. The van der Waals surface area contributed by atoms with Crippen LogP contribution in [0.1, 0.15) is 17.2 Å². The van der Waals surface area contributed by atoms with Crippen LogP contribution in [0.3, 0.4) is 0 Å². The number of fused-ring (bicyclic) bond motifs is 1. The number of rotatable bonds is 5. The molecule has 0 saturated carbocycles. The summed E-state index contributed by atoms with van der Waals surface area (Å²) in [5, 5.41) is 1.16. The summed E-state index contributed by atoms with van der Waals surface area (Å²) in [5.41, 5.74) is 2.94. The molecule has 0 bridgehead atoms. The van der Waals surface area contributed by atoms with E-state index in [1.807, 2.05) is 36.5 Å². The van der Waals surface area contributed by atoms with Gasteiger partial charge in [0.05, 0.1) is 27.9 Å². The van der Waals surface area contributed by atoms with Crippen LogP contribution >= 0.6 is 0 Å². The van der Waals surface area contributed by atoms with Crippen LogP contribution in [0, 0.1) is 0 Å². The summed E-state index contributed by atoms with van der Waals surface area (Å²) in [6, 6.07) is 12.0. The monoisotopic (exact) mass is 352 g/mol. The summed E-state index contributed by atoms with van der Waals surface area (Å²) in [4.78, 5) is 7.79. The molecule has 1 aromatic heterocycles. The molecule has 0 radical (unpaired) electrons. The van der Waals surface area contributed by atoms with Crippen molar-refractivity contribution in [3.8, 4) is 17.2 Å². The van der Waals surface area contributed by atoms with Gasteiger partial charge in [-0.3, -0.25) is 0 Å². The van der Waals surface area contributed by atoms with Crippen LogP contribution in [0.2, 0.25) is 0 Å². The number of benzene rings is 2. The minimum absolute atomic E-state index is 0.196. The normalized spacial score (nSPS) is 16.3. The Morgan fingerprint density at radius 3 is 2.46 bits per heavy atom. The van der Waals surface area contributed by atoms with Crippen molar-refractivity contribution < 1.29 is 18.9 Å². The van der Waals surface area contributed by atoms with E-state index >= 15 is 0 Å². The first kappa shape index (κ1) is 16.3. The van der Waals surface area contributed by atoms with Crippen LogP contribution in [0.4, 0.5) is 0 Å². The zero-order valence-electron chi connectivity index (χ0n) is 14.9. The number of hydrogen-bond donors (Lipinski definition) is 1. The molecule has 0 aliphatic carbocycles. The molecule has 1 atom stereocenters. The molecule has 1 aliphatic rings. The van der Waals surface area contributed by atoms with Crippen molar-refractivity contribution in [3.05, 3.63) is 53.7 Å². The molecule has 134 valence electrons. The van der Waals surface area contributed by atoms with Gasteiger partial charge in [0.1, 0.15) is 6.10 Å². The number of ether oxygens (including phenoxy) is 4. The molecule has 0 spiro atoms. The van der Waals surface area contributed by atoms with Crippen LogP contribution < -0.4 is 14.2 Å². The molecule has 1 N–H and O–H groups in total. The van der Waals surface area contributed by atoms with Crippen molar-refractivity contribution in [3.63, 3.8) is 0 Å². The molecular weight excluding hydrogens is 332 g/mol. The maximum Gasteiger partial charge on any atom is 0.216 e. The number of aromatic nitrogens is 1. The van der Waals surface area contributed by atoms with E-state index in [4.69, 9.17) is 18.9 Å². The SMILES string of the molecule is COc1cc(C2CN=C(c3ccc4cc[nH]c4c3)O2)cc(OC)c1OC. The first-order chi connectivity index (χ1) is 12.7. The van der Waals surface area contributed by atoms with Crippen LogP contribution in [-0.4, -0.2) is 38.8 Å². The molecule has 6 nitrogen and oxygen atoms in total. The van der Waals surface area contributed by atoms with Crippen LogP contribution in [0.5, 0.6) is 17.2 Å². The lowest BCUT2D eigenvalue weighted by Crippen LogP contribution is -2.07. The highest BCUT2D eigenvalue weighted by atomic mass is 16.5. The third-order valence-electron chi connectivity index (χ3n) is 4.52. The molecule has 4 rings (SSSR count). The molecule has 26 heavy (non-hydrogen) atoms. The topological polar surface area (TPSA) is 65.1 Å². The molecular formula is C20H20N2O4. The maximum absolute atomic E-state index is 6.12. The quantitative estimate of drug-likeness (QED) is 0.760. The summed E-state index contributed by atoms with van der Waals surface area (Å²) in [6.45, 7) is 0.538. The predicted molar refractivity (Wildman–Crippen MR) is 99.6 cm³/mol. The van der Waals surface area contributed by atoms with Crippen LogP contribution in [-0.2, 0) is 4.74 Å². The minimum atomic E-state index is -0.196. The second-order valence-corrected chi connectivity index (χ2v) is 5.99. The summed E-state index contributed by atoms with van der Waals surface area (Å²) in [6.07, 6.45) is 1.72. The number of nitrogens with one attached hydrogen (secondary N) is 1. The molecule has 0 amide bonds. The van der Waals surface area contributed by atoms with E-state index in [-0.39, 0.29) is 6.10 Å². The number of aromatic amines is 1. The number of hydrogen-bond acceptors (Lipinski definition) is 5. The first-order valence-corrected chi connectivity index (χ1v) is 8.32. The predicted octanol–water partition coefficient (Wildman–Crippen LogP) is 3.71. The Bertz CT molecular complexity index is 952. The largest absolute Gasteiger partial charge is 0.493 e. The highest BCUT2D eigenvalue weighted by Crippen LogP contribution is 2.41. The van der Waals surface area contributed by atoms with Gasteiger partial charge >= 0.3 is 0 Å². The van der Waals surface area contributed by atoms with Crippen molar-refractivity contribution in [1.82, 2.24) is 4.98 Å². The summed E-state index contributed by atoms with van der Waals surface area (Å²) < 4.78 is 22.3. The molecule has 1 aliphatic heterocycles. The standard InChI is InChI=1S/C20H20N2O4/c1-23-16-9-14(10-17(24-2)19(16)25-3)18-11-22-20(26-18)13-5-4-12-6-7-21-15(12)8-13/h4-10,18,21H,11H2,1-3H3. The Morgan fingerprint density at radius 1 is 1.00 bits per heavy atom. The van der Waals surface area contributed by atoms with Gasteiger partial charge in [-0.2, -0.15) is 0 Å². The number of H-pyrrole nitrogens is 1. The molecule has 3 aromatic rings. The van der Waals surface area contributed by atoms with Gasteiger partial charge in [-0.15, -0.1) is 0 Å². The average Bonchev–Trinajstić information content (AvgIpc) is 3.35. The van der Waals surface area contributed by atoms with Gasteiger partial charge in [-0.05, 0) is 35.7 Å². The number of methoxy groups -OCH3 is 3. The van der Waals surface area contributed by atoms with Crippen molar-refractivity contribution >= 4 is 16.8 Å². The lowest BCUT2D eigenvalue weighted by Gasteiger charge is -2.17. The molecule has 6 heteroatoms. The fraction of sp³-hybridized carbons (Fsp3) is 0.250. The fourth-order valence-electron chi connectivity index (χ4n) is 3.18. The highest BCUT2D eigenvalue weighted by molar-refractivity contribution is 5.98. The van der Waals surface area contributed by atoms with E-state index < -0.39 is 0 Å². The van der Waals surface area contributed by atoms with E-state index in [2.05, 4.69) is 16.0 Å². The second kappa shape index (κ2) is 6.63. The third kappa shape index (κ3) is 2.73. The Labute approximate surface area is 151 Å². The molecule has 0 fully saturated rings. The molecule has 1 unspecified atom stereocenters. The maximum atomic E-state index is 6.12. The second-order valence-electron chi connectivity index (χ2n) is 5.99. The fourth-order valence-corrected chi connectivity index (χ4v) is 3.18. The Morgan fingerprint density at radius 2 is 1.77 bits per heavy atom. The van der Waals surface area contributed by atoms with E-state index in [0.717, 1.165) is 22.0 Å². The number of aliphatic imine (C=N–C) groups is 1. The van der Waals surface area contributed by atoms with Crippen molar-refractivity contribution in [2.45, 2.75) is 6.10 Å². The zero-order chi connectivity index (χ0) is 18.1. The summed E-state index contributed by atoms with van der Waals surface area (Å²) >= 11 is 0. The molecule has 2 heterocycles. The number of nitrogens with zero attached hydrogens (tertiary/aromatic N) is 1. The van der Waals surface area contributed by atoms with Crippen LogP contribution in [0.25, 0.3) is 10.9 Å². The average molecular weight is 352 g/mol. The summed E-state index contributed by atoms with van der Waals surface area (Å²) in [5.74, 6) is 2.41. The lowest BCUT2D eigenvalue weighted by molar-refractivity contribution is 0.228. The van der Waals surface area contributed by atoms with Crippen LogP contribution in [0.15, 0.2) is 47.6 Å². The lowest BCUT2D eigenvalue weighted by atomic mass is 10.1. The van der Waals surface area contributed by atoms with E-state index in [1.165, 1.54) is 0 Å². The first-order valence-electron chi connectivity index (χ1n) is 8.32. The van der Waals surface area contributed by atoms with Crippen molar-refractivity contribution in [2.75, 3.05) is 27.9 Å². The smallest absolute Gasteiger partial charge is 0.216 e. The van der Waals surface area contributed by atoms with Gasteiger partial charge in [-0.1, -0.05) is 6.07 Å². The Kier molecular flexibility index (Phi) is 4.16. The van der Waals surface area contributed by atoms with E-state index in [9.17, 15) is 0 Å². The van der Waals surface area contributed by atoms with Gasteiger partial charge < -0.3 is 23.9 Å².